The molecule has 0 spiro atoms. The molecule has 0 aliphatic heterocycles. The SMILES string of the molecule is CC1=CCC[C@H](C)[C@@H]1CN[C@@H](C)Cn1cncn1. The van der Waals surface area contributed by atoms with Gasteiger partial charge in [0, 0.05) is 12.6 Å². The van der Waals surface area contributed by atoms with Crippen molar-refractivity contribution in [2.24, 2.45) is 11.8 Å². The average molecular weight is 248 g/mol. The quantitative estimate of drug-likeness (QED) is 0.813. The molecule has 1 N–H and O–H groups in total. The second kappa shape index (κ2) is 6.14. The van der Waals surface area contributed by atoms with Crippen LogP contribution in [0.25, 0.3) is 0 Å². The van der Waals surface area contributed by atoms with Crippen LogP contribution in [-0.4, -0.2) is 27.4 Å². The highest BCUT2D eigenvalue weighted by molar-refractivity contribution is 5.09. The maximum atomic E-state index is 4.14. The topological polar surface area (TPSA) is 42.7 Å². The second-order valence-corrected chi connectivity index (χ2v) is 5.54. The summed E-state index contributed by atoms with van der Waals surface area (Å²) < 4.78 is 1.88. The van der Waals surface area contributed by atoms with Crippen LogP contribution in [0.3, 0.4) is 0 Å². The van der Waals surface area contributed by atoms with Crippen LogP contribution in [0.5, 0.6) is 0 Å². The van der Waals surface area contributed by atoms with E-state index in [9.17, 15) is 0 Å². The standard InChI is InChI=1S/C14H24N4/c1-11-5-4-6-12(2)14(11)7-16-13(3)8-18-10-15-9-17-18/h5,9-10,12-14,16H,4,6-8H2,1-3H3/t12-,13-,14+/m0/s1. The lowest BCUT2D eigenvalue weighted by Crippen LogP contribution is -2.37. The van der Waals surface area contributed by atoms with Crippen LogP contribution >= 0.6 is 0 Å². The Morgan fingerprint density at radius 2 is 2.39 bits per heavy atom. The number of nitrogens with zero attached hydrogens (tertiary/aromatic N) is 3. The van der Waals surface area contributed by atoms with Gasteiger partial charge >= 0.3 is 0 Å². The van der Waals surface area contributed by atoms with E-state index in [0.717, 1.165) is 19.0 Å². The molecule has 1 aromatic heterocycles. The Hall–Kier alpha value is -1.16. The van der Waals surface area contributed by atoms with Crippen molar-refractivity contribution >= 4 is 0 Å². The van der Waals surface area contributed by atoms with E-state index in [1.54, 1.807) is 18.2 Å². The fourth-order valence-electron chi connectivity index (χ4n) is 2.74. The fourth-order valence-corrected chi connectivity index (χ4v) is 2.74. The molecular weight excluding hydrogens is 224 g/mol. The van der Waals surface area contributed by atoms with Crippen molar-refractivity contribution in [2.45, 2.75) is 46.2 Å². The summed E-state index contributed by atoms with van der Waals surface area (Å²) in [4.78, 5) is 3.96. The lowest BCUT2D eigenvalue weighted by molar-refractivity contribution is 0.327. The second-order valence-electron chi connectivity index (χ2n) is 5.54. The summed E-state index contributed by atoms with van der Waals surface area (Å²) in [7, 11) is 0. The molecule has 1 aromatic rings. The molecule has 18 heavy (non-hydrogen) atoms. The summed E-state index contributed by atoms with van der Waals surface area (Å²) >= 11 is 0. The fraction of sp³-hybridized carbons (Fsp3) is 0.714. The zero-order chi connectivity index (χ0) is 13.0. The van der Waals surface area contributed by atoms with Crippen molar-refractivity contribution in [2.75, 3.05) is 6.54 Å². The molecular formula is C14H24N4. The van der Waals surface area contributed by atoms with Gasteiger partial charge in [-0.25, -0.2) is 4.98 Å². The zero-order valence-corrected chi connectivity index (χ0v) is 11.6. The van der Waals surface area contributed by atoms with Crippen LogP contribution in [0.15, 0.2) is 24.3 Å². The van der Waals surface area contributed by atoms with Crippen LogP contribution in [0.4, 0.5) is 0 Å². The van der Waals surface area contributed by atoms with E-state index in [4.69, 9.17) is 0 Å². The van der Waals surface area contributed by atoms with Gasteiger partial charge in [0.25, 0.3) is 0 Å². The van der Waals surface area contributed by atoms with Crippen molar-refractivity contribution in [1.29, 1.82) is 0 Å². The molecule has 1 aliphatic rings. The average Bonchev–Trinajstić information content (AvgIpc) is 2.81. The van der Waals surface area contributed by atoms with Crippen molar-refractivity contribution in [3.8, 4) is 0 Å². The first-order chi connectivity index (χ1) is 8.66. The Kier molecular flexibility index (Phi) is 4.53. The molecule has 2 rings (SSSR count). The molecule has 0 unspecified atom stereocenters. The van der Waals surface area contributed by atoms with Crippen LogP contribution < -0.4 is 5.32 Å². The number of nitrogens with one attached hydrogen (secondary N) is 1. The summed E-state index contributed by atoms with van der Waals surface area (Å²) in [6.07, 6.45) is 8.32. The number of hydrogen-bond acceptors (Lipinski definition) is 3. The molecule has 1 aliphatic carbocycles. The highest BCUT2D eigenvalue weighted by Crippen LogP contribution is 2.29. The third-order valence-electron chi connectivity index (χ3n) is 3.97. The Balaban J connectivity index is 1.80. The van der Waals surface area contributed by atoms with Gasteiger partial charge in [0.05, 0.1) is 6.54 Å². The summed E-state index contributed by atoms with van der Waals surface area (Å²) in [6, 6.07) is 0.425. The van der Waals surface area contributed by atoms with Gasteiger partial charge in [-0.05, 0) is 38.5 Å². The molecule has 4 nitrogen and oxygen atoms in total. The third kappa shape index (κ3) is 3.42. The smallest absolute Gasteiger partial charge is 0.137 e. The van der Waals surface area contributed by atoms with Gasteiger partial charge in [-0.3, -0.25) is 4.68 Å². The summed E-state index contributed by atoms with van der Waals surface area (Å²) in [5, 5.41) is 7.76. The lowest BCUT2D eigenvalue weighted by Gasteiger charge is -2.30. The van der Waals surface area contributed by atoms with Crippen LogP contribution in [-0.2, 0) is 6.54 Å². The number of aromatic nitrogens is 3. The molecule has 1 heterocycles. The Labute approximate surface area is 109 Å². The summed E-state index contributed by atoms with van der Waals surface area (Å²) in [6.45, 7) is 8.78. The van der Waals surface area contributed by atoms with Gasteiger partial charge in [0.15, 0.2) is 0 Å². The third-order valence-corrected chi connectivity index (χ3v) is 3.97. The van der Waals surface area contributed by atoms with E-state index in [-0.39, 0.29) is 0 Å². The van der Waals surface area contributed by atoms with E-state index < -0.39 is 0 Å². The molecule has 0 saturated heterocycles. The zero-order valence-electron chi connectivity index (χ0n) is 11.6. The molecule has 0 fully saturated rings. The van der Waals surface area contributed by atoms with Gasteiger partial charge in [-0.2, -0.15) is 5.10 Å². The van der Waals surface area contributed by atoms with Gasteiger partial charge < -0.3 is 5.32 Å². The molecule has 0 bridgehead atoms. The first-order valence-corrected chi connectivity index (χ1v) is 6.89. The molecule has 3 atom stereocenters. The molecule has 0 aromatic carbocycles. The largest absolute Gasteiger partial charge is 0.312 e. The van der Waals surface area contributed by atoms with Gasteiger partial charge in [0.2, 0.25) is 0 Å². The first kappa shape index (κ1) is 13.3. The monoisotopic (exact) mass is 248 g/mol. The maximum Gasteiger partial charge on any atom is 0.137 e. The number of rotatable bonds is 5. The molecule has 0 radical (unpaired) electrons. The van der Waals surface area contributed by atoms with E-state index in [0.29, 0.717) is 12.0 Å². The highest BCUT2D eigenvalue weighted by atomic mass is 15.3. The maximum absolute atomic E-state index is 4.14. The molecule has 0 amide bonds. The van der Waals surface area contributed by atoms with Crippen molar-refractivity contribution in [1.82, 2.24) is 20.1 Å². The summed E-state index contributed by atoms with van der Waals surface area (Å²) in [5.74, 6) is 1.48. The molecule has 0 saturated carbocycles. The first-order valence-electron chi connectivity index (χ1n) is 6.89. The minimum atomic E-state index is 0.425. The minimum absolute atomic E-state index is 0.425. The van der Waals surface area contributed by atoms with E-state index in [1.807, 2.05) is 4.68 Å². The predicted molar refractivity (Wildman–Crippen MR) is 73.1 cm³/mol. The van der Waals surface area contributed by atoms with E-state index in [2.05, 4.69) is 42.2 Å². The lowest BCUT2D eigenvalue weighted by atomic mass is 9.80. The van der Waals surface area contributed by atoms with Gasteiger partial charge in [-0.1, -0.05) is 18.6 Å². The van der Waals surface area contributed by atoms with Crippen molar-refractivity contribution < 1.29 is 0 Å². The van der Waals surface area contributed by atoms with Crippen molar-refractivity contribution in [3.63, 3.8) is 0 Å². The minimum Gasteiger partial charge on any atom is -0.312 e. The van der Waals surface area contributed by atoms with E-state index in [1.165, 1.54) is 12.8 Å². The highest BCUT2D eigenvalue weighted by Gasteiger charge is 2.22. The van der Waals surface area contributed by atoms with Gasteiger partial charge in [0.1, 0.15) is 12.7 Å². The summed E-state index contributed by atoms with van der Waals surface area (Å²) in [5.41, 5.74) is 1.55. The molecule has 100 valence electrons. The van der Waals surface area contributed by atoms with Crippen LogP contribution in [0.1, 0.15) is 33.6 Å². The number of allylic oxidation sites excluding steroid dienone is 1. The van der Waals surface area contributed by atoms with Crippen molar-refractivity contribution in [3.05, 3.63) is 24.3 Å². The Morgan fingerprint density at radius 3 is 3.06 bits per heavy atom. The Morgan fingerprint density at radius 1 is 1.56 bits per heavy atom. The van der Waals surface area contributed by atoms with Crippen LogP contribution in [0, 0.1) is 11.8 Å². The Bertz CT molecular complexity index is 383. The number of hydrogen-bond donors (Lipinski definition) is 1. The van der Waals surface area contributed by atoms with Crippen LogP contribution in [0.2, 0.25) is 0 Å². The predicted octanol–water partition coefficient (Wildman–Crippen LogP) is 2.25. The normalized spacial score (nSPS) is 25.8. The molecule has 4 heteroatoms. The van der Waals surface area contributed by atoms with E-state index >= 15 is 0 Å². The van der Waals surface area contributed by atoms with Gasteiger partial charge in [-0.15, -0.1) is 0 Å².